The van der Waals surface area contributed by atoms with Crippen molar-refractivity contribution in [2.45, 2.75) is 12.8 Å². The van der Waals surface area contributed by atoms with E-state index in [0.717, 1.165) is 66.2 Å². The van der Waals surface area contributed by atoms with Gasteiger partial charge < -0.3 is 24.6 Å². The van der Waals surface area contributed by atoms with Gasteiger partial charge >= 0.3 is 0 Å². The van der Waals surface area contributed by atoms with Crippen LogP contribution in [0.15, 0.2) is 66.7 Å². The second-order valence-electron chi connectivity index (χ2n) is 9.66. The van der Waals surface area contributed by atoms with Crippen molar-refractivity contribution in [3.8, 4) is 22.8 Å². The zero-order chi connectivity index (χ0) is 26.5. The van der Waals surface area contributed by atoms with Crippen LogP contribution < -0.4 is 19.7 Å². The Labute approximate surface area is 223 Å². The van der Waals surface area contributed by atoms with E-state index in [1.807, 2.05) is 80.8 Å². The Morgan fingerprint density at radius 2 is 1.61 bits per heavy atom. The molecule has 0 unspecified atom stereocenters. The zero-order valence-corrected chi connectivity index (χ0v) is 22.1. The third kappa shape index (κ3) is 5.86. The van der Waals surface area contributed by atoms with E-state index >= 15 is 0 Å². The topological polar surface area (TPSA) is 79.8 Å². The minimum absolute atomic E-state index is 0.179. The summed E-state index contributed by atoms with van der Waals surface area (Å²) in [6.07, 6.45) is 2.26. The van der Waals surface area contributed by atoms with Crippen LogP contribution >= 0.6 is 0 Å². The Kier molecular flexibility index (Phi) is 7.70. The van der Waals surface area contributed by atoms with Crippen LogP contribution in [-0.4, -0.2) is 68.2 Å². The number of nitrogens with one attached hydrogen (secondary N) is 1. The summed E-state index contributed by atoms with van der Waals surface area (Å²) in [6.45, 7) is 3.21. The number of likely N-dealkylation sites (N-methyl/N-ethyl adjacent to an activating group) is 1. The maximum atomic E-state index is 13.0. The highest BCUT2D eigenvalue weighted by atomic mass is 16.5. The van der Waals surface area contributed by atoms with E-state index in [2.05, 4.69) is 15.1 Å². The van der Waals surface area contributed by atoms with Crippen molar-refractivity contribution < 1.29 is 14.3 Å². The molecule has 196 valence electrons. The molecule has 1 N–H and O–H groups in total. The van der Waals surface area contributed by atoms with Gasteiger partial charge in [-0.1, -0.05) is 24.3 Å². The highest BCUT2D eigenvalue weighted by Gasteiger charge is 2.21. The lowest BCUT2D eigenvalue weighted by molar-refractivity contribution is 0.102. The van der Waals surface area contributed by atoms with Gasteiger partial charge in [0.1, 0.15) is 12.4 Å². The fraction of sp³-hybridized carbons (Fsp3) is 0.300. The second-order valence-corrected chi connectivity index (χ2v) is 9.66. The molecule has 0 atom stereocenters. The van der Waals surface area contributed by atoms with Crippen molar-refractivity contribution in [2.75, 3.05) is 57.7 Å². The van der Waals surface area contributed by atoms with E-state index in [1.54, 1.807) is 7.11 Å². The van der Waals surface area contributed by atoms with E-state index in [0.29, 0.717) is 23.7 Å². The van der Waals surface area contributed by atoms with Crippen LogP contribution in [0, 0.1) is 0 Å². The molecule has 3 aromatic carbocycles. The molecule has 8 heteroatoms. The molecule has 8 nitrogen and oxygen atoms in total. The lowest BCUT2D eigenvalue weighted by Gasteiger charge is -2.20. The first-order valence-corrected chi connectivity index (χ1v) is 12.9. The van der Waals surface area contributed by atoms with Gasteiger partial charge in [0.15, 0.2) is 5.82 Å². The van der Waals surface area contributed by atoms with Crippen molar-refractivity contribution in [3.63, 3.8) is 0 Å². The SMILES string of the molecule is COc1ccc(-c2ccc(C(=O)Nc3ccc4nc(OCCN(C)C)c(N5CCCC5)nc4c3)cc2)cc1. The zero-order valence-electron chi connectivity index (χ0n) is 22.1. The minimum Gasteiger partial charge on any atom is -0.497 e. The molecule has 2 heterocycles. The number of ether oxygens (including phenoxy) is 2. The predicted octanol–water partition coefficient (Wildman–Crippen LogP) is 5.10. The average Bonchev–Trinajstić information content (AvgIpc) is 3.48. The summed E-state index contributed by atoms with van der Waals surface area (Å²) in [6, 6.07) is 21.0. The monoisotopic (exact) mass is 511 g/mol. The van der Waals surface area contributed by atoms with Crippen molar-refractivity contribution in [2.24, 2.45) is 0 Å². The molecule has 0 bridgehead atoms. The first-order chi connectivity index (χ1) is 18.5. The molecule has 38 heavy (non-hydrogen) atoms. The van der Waals surface area contributed by atoms with E-state index in [4.69, 9.17) is 19.4 Å². The first-order valence-electron chi connectivity index (χ1n) is 12.9. The summed E-state index contributed by atoms with van der Waals surface area (Å²) in [5.41, 5.74) is 4.79. The number of carbonyl (C=O) groups is 1. The van der Waals surface area contributed by atoms with Crippen LogP contribution in [0.25, 0.3) is 22.2 Å². The van der Waals surface area contributed by atoms with Crippen molar-refractivity contribution in [3.05, 3.63) is 72.3 Å². The molecular weight excluding hydrogens is 478 g/mol. The molecule has 4 aromatic rings. The smallest absolute Gasteiger partial charge is 0.258 e. The Balaban J connectivity index is 1.33. The van der Waals surface area contributed by atoms with Gasteiger partial charge in [-0.2, -0.15) is 0 Å². The summed E-state index contributed by atoms with van der Waals surface area (Å²) in [5, 5.41) is 3.00. The Morgan fingerprint density at radius 3 is 2.26 bits per heavy atom. The molecule has 1 aliphatic rings. The van der Waals surface area contributed by atoms with Crippen molar-refractivity contribution in [1.82, 2.24) is 14.9 Å². The number of fused-ring (bicyclic) bond motifs is 1. The number of methoxy groups -OCH3 is 1. The van der Waals surface area contributed by atoms with Gasteiger partial charge in [-0.25, -0.2) is 9.97 Å². The molecule has 1 saturated heterocycles. The second kappa shape index (κ2) is 11.5. The van der Waals surface area contributed by atoms with Crippen molar-refractivity contribution in [1.29, 1.82) is 0 Å². The lowest BCUT2D eigenvalue weighted by Crippen LogP contribution is -2.23. The molecule has 1 fully saturated rings. The third-order valence-electron chi connectivity index (χ3n) is 6.63. The number of hydrogen-bond acceptors (Lipinski definition) is 7. The molecule has 1 amide bonds. The normalized spacial score (nSPS) is 13.2. The first kappa shape index (κ1) is 25.5. The molecule has 1 aromatic heterocycles. The number of anilines is 2. The number of rotatable bonds is 9. The largest absolute Gasteiger partial charge is 0.497 e. The van der Waals surface area contributed by atoms with E-state index in [9.17, 15) is 4.79 Å². The highest BCUT2D eigenvalue weighted by molar-refractivity contribution is 6.05. The molecular formula is C30H33N5O3. The lowest BCUT2D eigenvalue weighted by atomic mass is 10.0. The Morgan fingerprint density at radius 1 is 0.921 bits per heavy atom. The predicted molar refractivity (Wildman–Crippen MR) is 151 cm³/mol. The van der Waals surface area contributed by atoms with Crippen LogP contribution in [0.2, 0.25) is 0 Å². The standard InChI is InChI=1S/C30H33N5O3/c1-34(2)18-19-38-30-28(35-16-4-5-17-35)32-27-20-24(12-15-26(27)33-30)31-29(36)23-8-6-21(7-9-23)22-10-13-25(37-3)14-11-22/h6-15,20H,4-5,16-19H2,1-3H3,(H,31,36). The summed E-state index contributed by atoms with van der Waals surface area (Å²) >= 11 is 0. The number of amides is 1. The number of nitrogens with zero attached hydrogens (tertiary/aromatic N) is 4. The molecule has 0 aliphatic carbocycles. The summed E-state index contributed by atoms with van der Waals surface area (Å²) < 4.78 is 11.3. The van der Waals surface area contributed by atoms with Crippen molar-refractivity contribution >= 4 is 28.4 Å². The van der Waals surface area contributed by atoms with Crippen LogP contribution in [0.4, 0.5) is 11.5 Å². The van der Waals surface area contributed by atoms with E-state index < -0.39 is 0 Å². The quantitative estimate of drug-likeness (QED) is 0.335. The fourth-order valence-corrected chi connectivity index (χ4v) is 4.46. The van der Waals surface area contributed by atoms with Gasteiger partial charge in [0, 0.05) is 30.9 Å². The van der Waals surface area contributed by atoms with E-state index in [-0.39, 0.29) is 5.91 Å². The third-order valence-corrected chi connectivity index (χ3v) is 6.63. The van der Waals surface area contributed by atoms with Crippen LogP contribution in [0.1, 0.15) is 23.2 Å². The van der Waals surface area contributed by atoms with Gasteiger partial charge in [-0.15, -0.1) is 0 Å². The number of carbonyl (C=O) groups excluding carboxylic acids is 1. The molecule has 0 radical (unpaired) electrons. The van der Waals surface area contributed by atoms with Gasteiger partial charge in [0.25, 0.3) is 11.8 Å². The maximum absolute atomic E-state index is 13.0. The maximum Gasteiger partial charge on any atom is 0.258 e. The number of benzene rings is 3. The fourth-order valence-electron chi connectivity index (χ4n) is 4.46. The van der Waals surface area contributed by atoms with Crippen LogP contribution in [0.5, 0.6) is 11.6 Å². The van der Waals surface area contributed by atoms with Gasteiger partial charge in [0.2, 0.25) is 0 Å². The molecule has 0 saturated carbocycles. The molecule has 5 rings (SSSR count). The number of aromatic nitrogens is 2. The summed E-state index contributed by atoms with van der Waals surface area (Å²) in [5.74, 6) is 1.97. The Hall–Kier alpha value is -4.17. The minimum atomic E-state index is -0.179. The highest BCUT2D eigenvalue weighted by Crippen LogP contribution is 2.31. The molecule has 0 spiro atoms. The van der Waals surface area contributed by atoms with Gasteiger partial charge in [-0.05, 0) is 80.5 Å². The summed E-state index contributed by atoms with van der Waals surface area (Å²) in [7, 11) is 5.68. The van der Waals surface area contributed by atoms with Gasteiger partial charge in [-0.3, -0.25) is 4.79 Å². The van der Waals surface area contributed by atoms with Gasteiger partial charge in [0.05, 0.1) is 18.1 Å². The number of hydrogen-bond donors (Lipinski definition) is 1. The summed E-state index contributed by atoms with van der Waals surface area (Å²) in [4.78, 5) is 27.0. The van der Waals surface area contributed by atoms with Crippen LogP contribution in [0.3, 0.4) is 0 Å². The average molecular weight is 512 g/mol. The molecule has 1 aliphatic heterocycles. The van der Waals surface area contributed by atoms with Crippen LogP contribution in [-0.2, 0) is 0 Å². The Bertz CT molecular complexity index is 1400. The van der Waals surface area contributed by atoms with E-state index in [1.165, 1.54) is 0 Å².